The molecule has 4 heteroatoms. The Bertz CT molecular complexity index is 421. The van der Waals surface area contributed by atoms with E-state index in [1.165, 1.54) is 0 Å². The van der Waals surface area contributed by atoms with E-state index in [2.05, 4.69) is 0 Å². The molecular weight excluding hydrogens is 220 g/mol. The molecular formula is C13H14O4. The summed E-state index contributed by atoms with van der Waals surface area (Å²) in [5.74, 6) is 1.62. The molecule has 4 nitrogen and oxygen atoms in total. The van der Waals surface area contributed by atoms with Crippen LogP contribution in [-0.2, 0) is 9.47 Å². The van der Waals surface area contributed by atoms with Gasteiger partial charge in [-0.15, -0.1) is 0 Å². The minimum atomic E-state index is -0.0831. The molecule has 2 aliphatic heterocycles. The van der Waals surface area contributed by atoms with Crippen molar-refractivity contribution < 1.29 is 18.9 Å². The lowest BCUT2D eigenvalue weighted by Gasteiger charge is -2.04. The highest BCUT2D eigenvalue weighted by molar-refractivity contribution is 5.56. The van der Waals surface area contributed by atoms with Crippen LogP contribution in [0.1, 0.15) is 12.0 Å². The summed E-state index contributed by atoms with van der Waals surface area (Å²) >= 11 is 0. The van der Waals surface area contributed by atoms with Crippen LogP contribution < -0.4 is 9.47 Å². The zero-order valence-corrected chi connectivity index (χ0v) is 9.43. The number of hydrogen-bond donors (Lipinski definition) is 0. The van der Waals surface area contributed by atoms with Gasteiger partial charge in [0, 0.05) is 6.42 Å². The highest BCUT2D eigenvalue weighted by atomic mass is 16.7. The monoisotopic (exact) mass is 234 g/mol. The Kier molecular flexibility index (Phi) is 2.98. The fourth-order valence-electron chi connectivity index (χ4n) is 1.88. The highest BCUT2D eigenvalue weighted by Crippen LogP contribution is 2.32. The van der Waals surface area contributed by atoms with E-state index >= 15 is 0 Å². The molecule has 1 aromatic rings. The normalized spacial score (nSPS) is 19.3. The van der Waals surface area contributed by atoms with E-state index in [0.717, 1.165) is 23.5 Å². The average Bonchev–Trinajstić information content (AvgIpc) is 2.98. The Morgan fingerprint density at radius 2 is 1.94 bits per heavy atom. The van der Waals surface area contributed by atoms with Gasteiger partial charge < -0.3 is 18.9 Å². The topological polar surface area (TPSA) is 36.9 Å². The Morgan fingerprint density at radius 3 is 2.82 bits per heavy atom. The van der Waals surface area contributed by atoms with Gasteiger partial charge in [0.25, 0.3) is 0 Å². The lowest BCUT2D eigenvalue weighted by atomic mass is 10.2. The van der Waals surface area contributed by atoms with Crippen LogP contribution in [0.2, 0.25) is 0 Å². The molecule has 90 valence electrons. The zero-order valence-electron chi connectivity index (χ0n) is 9.43. The van der Waals surface area contributed by atoms with Gasteiger partial charge in [-0.2, -0.15) is 0 Å². The van der Waals surface area contributed by atoms with Crippen molar-refractivity contribution in [2.24, 2.45) is 0 Å². The first-order valence-corrected chi connectivity index (χ1v) is 5.71. The number of ether oxygens (including phenoxy) is 4. The second-order valence-corrected chi connectivity index (χ2v) is 3.92. The Morgan fingerprint density at radius 1 is 1.12 bits per heavy atom. The Labute approximate surface area is 99.7 Å². The minimum Gasteiger partial charge on any atom is -0.454 e. The maximum atomic E-state index is 5.35. The first-order chi connectivity index (χ1) is 8.42. The van der Waals surface area contributed by atoms with Crippen molar-refractivity contribution in [3.63, 3.8) is 0 Å². The molecule has 2 heterocycles. The highest BCUT2D eigenvalue weighted by Gasteiger charge is 2.14. The van der Waals surface area contributed by atoms with Crippen LogP contribution >= 0.6 is 0 Å². The van der Waals surface area contributed by atoms with Crippen LogP contribution in [0.5, 0.6) is 11.5 Å². The number of rotatable bonds is 3. The maximum Gasteiger partial charge on any atom is 0.231 e. The molecule has 1 saturated heterocycles. The molecule has 0 aromatic heterocycles. The lowest BCUT2D eigenvalue weighted by Crippen LogP contribution is -2.04. The standard InChI is InChI=1S/C13H14O4/c1(3-13-14-6-7-15-13)2-10-4-5-11-12(8-10)17-9-16-11/h1-2,4-5,8,13H,3,6-7,9H2/b2-1+. The fraction of sp³-hybridized carbons (Fsp3) is 0.385. The molecule has 0 unspecified atom stereocenters. The first kappa shape index (κ1) is 10.6. The van der Waals surface area contributed by atoms with Crippen molar-refractivity contribution in [1.29, 1.82) is 0 Å². The van der Waals surface area contributed by atoms with Gasteiger partial charge in [-0.3, -0.25) is 0 Å². The van der Waals surface area contributed by atoms with Gasteiger partial charge in [0.05, 0.1) is 13.2 Å². The first-order valence-electron chi connectivity index (χ1n) is 5.71. The maximum absolute atomic E-state index is 5.35. The second kappa shape index (κ2) is 4.77. The average molecular weight is 234 g/mol. The molecule has 0 spiro atoms. The van der Waals surface area contributed by atoms with E-state index in [9.17, 15) is 0 Å². The summed E-state index contributed by atoms with van der Waals surface area (Å²) in [5, 5.41) is 0. The van der Waals surface area contributed by atoms with Gasteiger partial charge in [-0.25, -0.2) is 0 Å². The van der Waals surface area contributed by atoms with Crippen LogP contribution in [0.25, 0.3) is 6.08 Å². The summed E-state index contributed by atoms with van der Waals surface area (Å²) in [4.78, 5) is 0. The quantitative estimate of drug-likeness (QED) is 0.803. The van der Waals surface area contributed by atoms with Crippen molar-refractivity contribution in [3.8, 4) is 11.5 Å². The summed E-state index contributed by atoms with van der Waals surface area (Å²) in [7, 11) is 0. The van der Waals surface area contributed by atoms with E-state index in [1.54, 1.807) is 0 Å². The molecule has 0 saturated carbocycles. The third-order valence-corrected chi connectivity index (χ3v) is 2.73. The molecule has 1 fully saturated rings. The molecule has 3 rings (SSSR count). The largest absolute Gasteiger partial charge is 0.454 e. The van der Waals surface area contributed by atoms with E-state index in [4.69, 9.17) is 18.9 Å². The summed E-state index contributed by atoms with van der Waals surface area (Å²) in [6.45, 7) is 1.71. The lowest BCUT2D eigenvalue weighted by molar-refractivity contribution is -0.0379. The van der Waals surface area contributed by atoms with E-state index in [-0.39, 0.29) is 6.29 Å². The number of benzene rings is 1. The smallest absolute Gasteiger partial charge is 0.231 e. The summed E-state index contributed by atoms with van der Waals surface area (Å²) < 4.78 is 21.3. The van der Waals surface area contributed by atoms with Crippen LogP contribution in [0.4, 0.5) is 0 Å². The third-order valence-electron chi connectivity index (χ3n) is 2.73. The van der Waals surface area contributed by atoms with Crippen molar-refractivity contribution >= 4 is 6.08 Å². The Hall–Kier alpha value is -1.52. The van der Waals surface area contributed by atoms with E-state index in [0.29, 0.717) is 20.0 Å². The van der Waals surface area contributed by atoms with Crippen molar-refractivity contribution in [2.45, 2.75) is 12.7 Å². The molecule has 0 bridgehead atoms. The van der Waals surface area contributed by atoms with Crippen molar-refractivity contribution in [3.05, 3.63) is 29.8 Å². The van der Waals surface area contributed by atoms with Crippen LogP contribution in [-0.4, -0.2) is 26.3 Å². The van der Waals surface area contributed by atoms with Gasteiger partial charge in [-0.1, -0.05) is 18.2 Å². The van der Waals surface area contributed by atoms with Gasteiger partial charge in [0.15, 0.2) is 17.8 Å². The summed E-state index contributed by atoms with van der Waals surface area (Å²) in [5.41, 5.74) is 1.09. The van der Waals surface area contributed by atoms with Crippen LogP contribution in [0.3, 0.4) is 0 Å². The molecule has 0 N–H and O–H groups in total. The predicted molar refractivity (Wildman–Crippen MR) is 61.9 cm³/mol. The van der Waals surface area contributed by atoms with Crippen LogP contribution in [0, 0.1) is 0 Å². The molecule has 17 heavy (non-hydrogen) atoms. The third kappa shape index (κ3) is 2.43. The Balaban J connectivity index is 1.62. The number of fused-ring (bicyclic) bond motifs is 1. The number of hydrogen-bond acceptors (Lipinski definition) is 4. The predicted octanol–water partition coefficient (Wildman–Crippen LogP) is 2.19. The molecule has 0 aliphatic carbocycles. The van der Waals surface area contributed by atoms with Gasteiger partial charge in [0.1, 0.15) is 0 Å². The van der Waals surface area contributed by atoms with Gasteiger partial charge in [0.2, 0.25) is 6.79 Å². The minimum absolute atomic E-state index is 0.0831. The van der Waals surface area contributed by atoms with E-state index in [1.807, 2.05) is 30.4 Å². The van der Waals surface area contributed by atoms with Crippen molar-refractivity contribution in [2.75, 3.05) is 20.0 Å². The van der Waals surface area contributed by atoms with E-state index < -0.39 is 0 Å². The second-order valence-electron chi connectivity index (χ2n) is 3.92. The summed E-state index contributed by atoms with van der Waals surface area (Å²) in [6, 6.07) is 5.89. The van der Waals surface area contributed by atoms with Gasteiger partial charge in [-0.05, 0) is 17.7 Å². The molecule has 0 amide bonds. The van der Waals surface area contributed by atoms with Gasteiger partial charge >= 0.3 is 0 Å². The summed E-state index contributed by atoms with van der Waals surface area (Å²) in [6.07, 6.45) is 4.77. The molecule has 1 aromatic carbocycles. The molecule has 2 aliphatic rings. The molecule has 0 atom stereocenters. The molecule has 0 radical (unpaired) electrons. The zero-order chi connectivity index (χ0) is 11.5. The van der Waals surface area contributed by atoms with Crippen LogP contribution in [0.15, 0.2) is 24.3 Å². The van der Waals surface area contributed by atoms with Crippen molar-refractivity contribution in [1.82, 2.24) is 0 Å². The SMILES string of the molecule is C(=C\c1ccc2c(c1)OCO2)/CC1OCCO1. The fourth-order valence-corrected chi connectivity index (χ4v) is 1.88.